The molecule has 0 bridgehead atoms. The van der Waals surface area contributed by atoms with E-state index in [9.17, 15) is 13.2 Å². The monoisotopic (exact) mass is 459 g/mol. The molecule has 1 heterocycles. The maximum absolute atomic E-state index is 13.2. The molecular weight excluding hydrogens is 434 g/mol. The molecule has 1 N–H and O–H groups in total. The van der Waals surface area contributed by atoms with E-state index in [4.69, 9.17) is 5.10 Å². The minimum Gasteiger partial charge on any atom is -0.307 e. The Balaban J connectivity index is 1.73. The zero-order valence-electron chi connectivity index (χ0n) is 18.7. The van der Waals surface area contributed by atoms with Crippen LogP contribution in [0.25, 0.3) is 11.3 Å². The Morgan fingerprint density at radius 2 is 1.61 bits per heavy atom. The number of aromatic nitrogens is 2. The van der Waals surface area contributed by atoms with E-state index in [1.54, 1.807) is 17.7 Å². The molecule has 33 heavy (non-hydrogen) atoms. The number of nitrogens with one attached hydrogen (secondary N) is 1. The van der Waals surface area contributed by atoms with Gasteiger partial charge in [-0.05, 0) is 42.7 Å². The smallest absolute Gasteiger partial charge is 0.257 e. The first-order valence-electron chi connectivity index (χ1n) is 10.5. The van der Waals surface area contributed by atoms with Gasteiger partial charge in [-0.2, -0.15) is 5.10 Å². The molecule has 0 aliphatic carbocycles. The van der Waals surface area contributed by atoms with E-state index in [-0.39, 0.29) is 10.8 Å². The van der Waals surface area contributed by atoms with Gasteiger partial charge in [0.2, 0.25) is 0 Å². The van der Waals surface area contributed by atoms with Crippen LogP contribution in [0, 0.1) is 13.8 Å². The molecule has 0 spiro atoms. The first-order chi connectivity index (χ1) is 15.7. The first kappa shape index (κ1) is 22.5. The molecule has 7 heteroatoms. The highest BCUT2D eigenvalue weighted by Gasteiger charge is 2.18. The fourth-order valence-electron chi connectivity index (χ4n) is 3.65. The van der Waals surface area contributed by atoms with Crippen molar-refractivity contribution in [3.05, 3.63) is 101 Å². The maximum Gasteiger partial charge on any atom is 0.257 e. The summed E-state index contributed by atoms with van der Waals surface area (Å²) in [6.07, 6.45) is 1.13. The number of rotatable bonds is 6. The standard InChI is InChI=1S/C26H25N3O3S/c1-18-9-7-8-12-22(18)24-16-25(29(28-24)17-20-10-5-4-6-11-20)27-26(30)23-15-21(33(3,31)32)14-13-19(23)2/h4-16H,17H2,1-3H3,(H,27,30). The van der Waals surface area contributed by atoms with Crippen molar-refractivity contribution in [2.75, 3.05) is 11.6 Å². The number of sulfone groups is 1. The number of nitrogens with zero attached hydrogens (tertiary/aromatic N) is 2. The lowest BCUT2D eigenvalue weighted by atomic mass is 10.1. The van der Waals surface area contributed by atoms with Gasteiger partial charge in [-0.25, -0.2) is 13.1 Å². The quantitative estimate of drug-likeness (QED) is 0.446. The van der Waals surface area contributed by atoms with Crippen LogP contribution >= 0.6 is 0 Å². The third kappa shape index (κ3) is 5.04. The fourth-order valence-corrected chi connectivity index (χ4v) is 4.29. The van der Waals surface area contributed by atoms with Crippen LogP contribution in [0.2, 0.25) is 0 Å². The van der Waals surface area contributed by atoms with Crippen LogP contribution < -0.4 is 5.32 Å². The van der Waals surface area contributed by atoms with Crippen molar-refractivity contribution in [3.8, 4) is 11.3 Å². The topological polar surface area (TPSA) is 81.1 Å². The number of aryl methyl sites for hydroxylation is 2. The molecule has 4 rings (SSSR count). The second-order valence-electron chi connectivity index (χ2n) is 8.08. The summed E-state index contributed by atoms with van der Waals surface area (Å²) in [5.74, 6) is 0.148. The lowest BCUT2D eigenvalue weighted by molar-refractivity contribution is 0.102. The van der Waals surface area contributed by atoms with E-state index in [1.165, 1.54) is 12.1 Å². The molecule has 1 aromatic heterocycles. The molecule has 0 unspecified atom stereocenters. The summed E-state index contributed by atoms with van der Waals surface area (Å²) in [6.45, 7) is 4.27. The molecule has 0 saturated heterocycles. The van der Waals surface area contributed by atoms with Crippen molar-refractivity contribution in [1.29, 1.82) is 0 Å². The molecule has 3 aromatic carbocycles. The van der Waals surface area contributed by atoms with Crippen LogP contribution in [0.3, 0.4) is 0 Å². The third-order valence-electron chi connectivity index (χ3n) is 5.50. The highest BCUT2D eigenvalue weighted by atomic mass is 32.2. The van der Waals surface area contributed by atoms with Crippen LogP contribution in [-0.4, -0.2) is 30.4 Å². The maximum atomic E-state index is 13.2. The highest BCUT2D eigenvalue weighted by Crippen LogP contribution is 2.26. The largest absolute Gasteiger partial charge is 0.307 e. The van der Waals surface area contributed by atoms with E-state index in [0.717, 1.165) is 28.6 Å². The van der Waals surface area contributed by atoms with E-state index < -0.39 is 9.84 Å². The van der Waals surface area contributed by atoms with Crippen LogP contribution in [-0.2, 0) is 16.4 Å². The van der Waals surface area contributed by atoms with E-state index in [0.29, 0.717) is 23.5 Å². The molecule has 4 aromatic rings. The van der Waals surface area contributed by atoms with Crippen LogP contribution in [0.4, 0.5) is 5.82 Å². The van der Waals surface area contributed by atoms with Crippen molar-refractivity contribution in [1.82, 2.24) is 9.78 Å². The Labute approximate surface area is 193 Å². The predicted octanol–water partition coefficient (Wildman–Crippen LogP) is 4.87. The zero-order valence-corrected chi connectivity index (χ0v) is 19.6. The van der Waals surface area contributed by atoms with Crippen LogP contribution in [0.1, 0.15) is 27.0 Å². The summed E-state index contributed by atoms with van der Waals surface area (Å²) < 4.78 is 25.7. The van der Waals surface area contributed by atoms with E-state index in [2.05, 4.69) is 5.32 Å². The number of benzene rings is 3. The predicted molar refractivity (Wildman–Crippen MR) is 130 cm³/mol. The lowest BCUT2D eigenvalue weighted by Gasteiger charge is -2.11. The van der Waals surface area contributed by atoms with Gasteiger partial charge in [-0.1, -0.05) is 60.7 Å². The van der Waals surface area contributed by atoms with Gasteiger partial charge >= 0.3 is 0 Å². The summed E-state index contributed by atoms with van der Waals surface area (Å²) in [5.41, 5.74) is 4.85. The average Bonchev–Trinajstić information content (AvgIpc) is 3.16. The summed E-state index contributed by atoms with van der Waals surface area (Å²) in [7, 11) is -3.43. The number of amides is 1. The molecule has 0 fully saturated rings. The number of anilines is 1. The molecule has 0 aliphatic rings. The van der Waals surface area contributed by atoms with Gasteiger partial charge in [0.25, 0.3) is 5.91 Å². The minimum atomic E-state index is -3.43. The van der Waals surface area contributed by atoms with E-state index >= 15 is 0 Å². The van der Waals surface area contributed by atoms with Gasteiger partial charge < -0.3 is 5.32 Å². The van der Waals surface area contributed by atoms with Crippen molar-refractivity contribution in [2.45, 2.75) is 25.3 Å². The number of hydrogen-bond acceptors (Lipinski definition) is 4. The minimum absolute atomic E-state index is 0.108. The first-order valence-corrected chi connectivity index (χ1v) is 12.4. The number of carbonyl (C=O) groups is 1. The Morgan fingerprint density at radius 3 is 2.30 bits per heavy atom. The number of hydrogen-bond donors (Lipinski definition) is 1. The molecule has 0 saturated carbocycles. The SMILES string of the molecule is Cc1ccc(S(C)(=O)=O)cc1C(=O)Nc1cc(-c2ccccc2C)nn1Cc1ccccc1. The molecule has 168 valence electrons. The molecule has 0 radical (unpaired) electrons. The third-order valence-corrected chi connectivity index (χ3v) is 6.61. The second kappa shape index (κ2) is 9.03. The molecule has 0 atom stereocenters. The Bertz CT molecular complexity index is 1420. The Morgan fingerprint density at radius 1 is 0.909 bits per heavy atom. The van der Waals surface area contributed by atoms with Gasteiger partial charge in [0, 0.05) is 23.4 Å². The summed E-state index contributed by atoms with van der Waals surface area (Å²) >= 11 is 0. The van der Waals surface area contributed by atoms with Crippen molar-refractivity contribution >= 4 is 21.6 Å². The van der Waals surface area contributed by atoms with Crippen LogP contribution in [0.15, 0.2) is 83.8 Å². The summed E-state index contributed by atoms with van der Waals surface area (Å²) in [6, 6.07) is 24.2. The van der Waals surface area contributed by atoms with Crippen molar-refractivity contribution in [3.63, 3.8) is 0 Å². The lowest BCUT2D eigenvalue weighted by Crippen LogP contribution is -2.17. The van der Waals surface area contributed by atoms with Gasteiger partial charge in [0.15, 0.2) is 9.84 Å². The summed E-state index contributed by atoms with van der Waals surface area (Å²) in [5, 5.41) is 7.71. The van der Waals surface area contributed by atoms with Crippen LogP contribution in [0.5, 0.6) is 0 Å². The number of carbonyl (C=O) groups excluding carboxylic acids is 1. The molecular formula is C26H25N3O3S. The molecule has 6 nitrogen and oxygen atoms in total. The van der Waals surface area contributed by atoms with Gasteiger partial charge in [-0.15, -0.1) is 0 Å². The second-order valence-corrected chi connectivity index (χ2v) is 10.1. The van der Waals surface area contributed by atoms with Gasteiger partial charge in [0.1, 0.15) is 5.82 Å². The van der Waals surface area contributed by atoms with Crippen molar-refractivity contribution < 1.29 is 13.2 Å². The average molecular weight is 460 g/mol. The van der Waals surface area contributed by atoms with Gasteiger partial charge in [-0.3, -0.25) is 4.79 Å². The van der Waals surface area contributed by atoms with Gasteiger partial charge in [0.05, 0.1) is 17.1 Å². The highest BCUT2D eigenvalue weighted by molar-refractivity contribution is 7.90. The Kier molecular flexibility index (Phi) is 6.16. The molecule has 1 amide bonds. The van der Waals surface area contributed by atoms with E-state index in [1.807, 2.05) is 67.6 Å². The fraction of sp³-hybridized carbons (Fsp3) is 0.154. The zero-order chi connectivity index (χ0) is 23.6. The Hall–Kier alpha value is -3.71. The molecule has 0 aliphatic heterocycles. The normalized spacial score (nSPS) is 11.4. The van der Waals surface area contributed by atoms with Crippen molar-refractivity contribution in [2.24, 2.45) is 0 Å². The summed E-state index contributed by atoms with van der Waals surface area (Å²) in [4.78, 5) is 13.3.